The monoisotopic (exact) mass is 412 g/mol. The summed E-state index contributed by atoms with van der Waals surface area (Å²) in [6.07, 6.45) is 3.43. The zero-order valence-electron chi connectivity index (χ0n) is 16.1. The summed E-state index contributed by atoms with van der Waals surface area (Å²) in [4.78, 5) is 13.0. The molecule has 2 N–H and O–H groups in total. The van der Waals surface area contributed by atoms with Crippen molar-refractivity contribution >= 4 is 41.4 Å². The summed E-state index contributed by atoms with van der Waals surface area (Å²) in [6, 6.07) is 13.4. The summed E-state index contributed by atoms with van der Waals surface area (Å²) >= 11 is 12.6. The summed E-state index contributed by atoms with van der Waals surface area (Å²) in [5.41, 5.74) is 10.0. The molecule has 0 amide bonds. The van der Waals surface area contributed by atoms with Crippen LogP contribution in [0.5, 0.6) is 0 Å². The van der Waals surface area contributed by atoms with Gasteiger partial charge in [0.05, 0.1) is 15.7 Å². The molecule has 2 aromatic carbocycles. The number of benzene rings is 2. The van der Waals surface area contributed by atoms with Gasteiger partial charge >= 0.3 is 0 Å². The standard InChI is InChI=1S/C21H17Cl2N3.CH5N/c1-13-9-10-16(17-7-4-8-18(22)19(17)23)14(2)20(13)26-21(24-3)15-6-5-11-25-12-15;1-2/h4-12H,3H2,1-2H3;2H2,1H3. The normalized spacial score (nSPS) is 10.9. The topological polar surface area (TPSA) is 63.6 Å². The van der Waals surface area contributed by atoms with Crippen LogP contribution in [-0.2, 0) is 0 Å². The highest BCUT2D eigenvalue weighted by atomic mass is 35.5. The average molecular weight is 413 g/mol. The Morgan fingerprint density at radius 2 is 1.75 bits per heavy atom. The molecule has 0 unspecified atom stereocenters. The van der Waals surface area contributed by atoms with Crippen molar-refractivity contribution in [2.45, 2.75) is 13.8 Å². The first kappa shape index (κ1) is 21.8. The molecular weight excluding hydrogens is 391 g/mol. The van der Waals surface area contributed by atoms with Crippen LogP contribution >= 0.6 is 23.2 Å². The molecule has 0 radical (unpaired) electrons. The Kier molecular flexibility index (Phi) is 7.88. The average Bonchev–Trinajstić information content (AvgIpc) is 2.73. The van der Waals surface area contributed by atoms with E-state index < -0.39 is 0 Å². The van der Waals surface area contributed by atoms with E-state index in [0.717, 1.165) is 33.5 Å². The van der Waals surface area contributed by atoms with Crippen LogP contribution in [0.4, 0.5) is 5.69 Å². The predicted molar refractivity (Wildman–Crippen MR) is 121 cm³/mol. The van der Waals surface area contributed by atoms with Crippen LogP contribution in [-0.4, -0.2) is 24.6 Å². The third kappa shape index (κ3) is 4.65. The van der Waals surface area contributed by atoms with Crippen LogP contribution in [0.15, 0.2) is 64.8 Å². The summed E-state index contributed by atoms with van der Waals surface area (Å²) in [6.45, 7) is 7.68. The number of aliphatic imine (C=N–C) groups is 2. The number of aryl methyl sites for hydroxylation is 1. The van der Waals surface area contributed by atoms with E-state index in [9.17, 15) is 0 Å². The van der Waals surface area contributed by atoms with Gasteiger partial charge in [-0.25, -0.2) is 9.98 Å². The molecule has 0 aliphatic heterocycles. The Morgan fingerprint density at radius 3 is 2.39 bits per heavy atom. The fourth-order valence-electron chi connectivity index (χ4n) is 2.80. The highest BCUT2D eigenvalue weighted by Gasteiger charge is 2.14. The van der Waals surface area contributed by atoms with Crippen molar-refractivity contribution in [1.29, 1.82) is 0 Å². The van der Waals surface area contributed by atoms with Crippen molar-refractivity contribution in [2.24, 2.45) is 15.7 Å². The van der Waals surface area contributed by atoms with E-state index in [4.69, 9.17) is 28.2 Å². The Bertz CT molecular complexity index is 999. The minimum atomic E-state index is 0.526. The Labute approximate surface area is 175 Å². The third-order valence-electron chi connectivity index (χ3n) is 4.16. The van der Waals surface area contributed by atoms with Gasteiger partial charge in [0.2, 0.25) is 0 Å². The number of halogens is 2. The number of hydrogen-bond donors (Lipinski definition) is 1. The summed E-state index contributed by atoms with van der Waals surface area (Å²) in [5.74, 6) is 0.527. The van der Waals surface area contributed by atoms with Crippen molar-refractivity contribution in [3.8, 4) is 11.1 Å². The molecule has 28 heavy (non-hydrogen) atoms. The van der Waals surface area contributed by atoms with Crippen LogP contribution < -0.4 is 5.73 Å². The van der Waals surface area contributed by atoms with E-state index in [1.165, 1.54) is 7.05 Å². The second-order valence-electron chi connectivity index (χ2n) is 5.84. The van der Waals surface area contributed by atoms with E-state index >= 15 is 0 Å². The second-order valence-corrected chi connectivity index (χ2v) is 6.63. The van der Waals surface area contributed by atoms with Gasteiger partial charge in [-0.1, -0.05) is 47.5 Å². The first-order valence-corrected chi connectivity index (χ1v) is 9.36. The fourth-order valence-corrected chi connectivity index (χ4v) is 3.21. The largest absolute Gasteiger partial charge is 0.333 e. The molecule has 4 nitrogen and oxygen atoms in total. The Hall–Kier alpha value is -2.53. The first-order chi connectivity index (χ1) is 13.5. The maximum absolute atomic E-state index is 6.42. The summed E-state index contributed by atoms with van der Waals surface area (Å²) in [5, 5.41) is 1.06. The van der Waals surface area contributed by atoms with E-state index in [0.29, 0.717) is 15.9 Å². The van der Waals surface area contributed by atoms with Gasteiger partial charge in [0.25, 0.3) is 0 Å². The van der Waals surface area contributed by atoms with Crippen LogP contribution in [0, 0.1) is 13.8 Å². The van der Waals surface area contributed by atoms with Crippen LogP contribution in [0.25, 0.3) is 11.1 Å². The Morgan fingerprint density at radius 1 is 1.00 bits per heavy atom. The molecule has 0 saturated carbocycles. The van der Waals surface area contributed by atoms with Crippen molar-refractivity contribution in [1.82, 2.24) is 4.98 Å². The van der Waals surface area contributed by atoms with Gasteiger partial charge < -0.3 is 5.73 Å². The summed E-state index contributed by atoms with van der Waals surface area (Å²) < 4.78 is 0. The fraction of sp³-hybridized carbons (Fsp3) is 0.136. The molecule has 0 saturated heterocycles. The zero-order chi connectivity index (χ0) is 20.7. The number of nitrogens with zero attached hydrogens (tertiary/aromatic N) is 3. The van der Waals surface area contributed by atoms with Gasteiger partial charge in [-0.15, -0.1) is 0 Å². The van der Waals surface area contributed by atoms with Gasteiger partial charge in [0.15, 0.2) is 5.84 Å². The molecule has 3 rings (SSSR count). The summed E-state index contributed by atoms with van der Waals surface area (Å²) in [7, 11) is 1.50. The van der Waals surface area contributed by atoms with Crippen LogP contribution in [0.1, 0.15) is 16.7 Å². The van der Waals surface area contributed by atoms with E-state index in [1.807, 2.05) is 50.2 Å². The SMILES string of the molecule is C=NC(=Nc1c(C)ccc(-c2cccc(Cl)c2Cl)c1C)c1cccnc1.CN. The Balaban J connectivity index is 0.00000136. The van der Waals surface area contributed by atoms with Crippen molar-refractivity contribution in [2.75, 3.05) is 7.05 Å². The highest BCUT2D eigenvalue weighted by molar-refractivity contribution is 6.43. The lowest BCUT2D eigenvalue weighted by Crippen LogP contribution is -1.98. The lowest BCUT2D eigenvalue weighted by Gasteiger charge is -2.14. The number of rotatable bonds is 3. The van der Waals surface area contributed by atoms with Gasteiger partial charge in [-0.05, 0) is 62.5 Å². The smallest absolute Gasteiger partial charge is 0.160 e. The molecule has 1 heterocycles. The molecule has 0 aliphatic carbocycles. The maximum atomic E-state index is 6.42. The van der Waals surface area contributed by atoms with Gasteiger partial charge in [0, 0.05) is 23.5 Å². The van der Waals surface area contributed by atoms with Crippen LogP contribution in [0.2, 0.25) is 10.0 Å². The minimum Gasteiger partial charge on any atom is -0.333 e. The van der Waals surface area contributed by atoms with Gasteiger partial charge in [0.1, 0.15) is 0 Å². The number of amidine groups is 1. The molecule has 6 heteroatoms. The molecule has 0 fully saturated rings. The second kappa shape index (κ2) is 10.1. The maximum Gasteiger partial charge on any atom is 0.160 e. The van der Waals surface area contributed by atoms with E-state index in [2.05, 4.69) is 22.4 Å². The lowest BCUT2D eigenvalue weighted by molar-refractivity contribution is 1.29. The first-order valence-electron chi connectivity index (χ1n) is 8.61. The number of hydrogen-bond acceptors (Lipinski definition) is 3. The quantitative estimate of drug-likeness (QED) is 0.421. The van der Waals surface area contributed by atoms with E-state index in [1.54, 1.807) is 18.5 Å². The molecular formula is C22H22Cl2N4. The third-order valence-corrected chi connectivity index (χ3v) is 4.98. The molecule has 0 atom stereocenters. The molecule has 0 spiro atoms. The minimum absolute atomic E-state index is 0.526. The van der Waals surface area contributed by atoms with Crippen molar-refractivity contribution in [3.63, 3.8) is 0 Å². The molecule has 0 bridgehead atoms. The van der Waals surface area contributed by atoms with Gasteiger partial charge in [-0.2, -0.15) is 0 Å². The number of pyridine rings is 1. The van der Waals surface area contributed by atoms with Crippen molar-refractivity contribution < 1.29 is 0 Å². The molecule has 0 aliphatic rings. The zero-order valence-corrected chi connectivity index (χ0v) is 17.6. The predicted octanol–water partition coefficient (Wildman–Crippen LogP) is 6.03. The van der Waals surface area contributed by atoms with Crippen molar-refractivity contribution in [3.05, 3.63) is 81.6 Å². The number of aromatic nitrogens is 1. The molecule has 144 valence electrons. The van der Waals surface area contributed by atoms with E-state index in [-0.39, 0.29) is 0 Å². The van der Waals surface area contributed by atoms with Gasteiger partial charge in [-0.3, -0.25) is 4.98 Å². The lowest BCUT2D eigenvalue weighted by atomic mass is 9.96. The molecule has 1 aromatic heterocycles. The highest BCUT2D eigenvalue weighted by Crippen LogP contribution is 2.39. The van der Waals surface area contributed by atoms with Crippen LogP contribution in [0.3, 0.4) is 0 Å². The molecule has 3 aromatic rings. The number of nitrogens with two attached hydrogens (primary N) is 1.